The lowest BCUT2D eigenvalue weighted by atomic mass is 9.82. The fraction of sp³-hybridized carbons (Fsp3) is 0.643. The molecule has 0 saturated heterocycles. The van der Waals surface area contributed by atoms with E-state index in [1.165, 1.54) is 6.33 Å². The highest BCUT2D eigenvalue weighted by Crippen LogP contribution is 2.31. The van der Waals surface area contributed by atoms with Crippen LogP contribution < -0.4 is 5.32 Å². The van der Waals surface area contributed by atoms with Crippen LogP contribution in [0.3, 0.4) is 0 Å². The van der Waals surface area contributed by atoms with Crippen LogP contribution in [0.4, 0.5) is 5.82 Å². The summed E-state index contributed by atoms with van der Waals surface area (Å²) in [5.74, 6) is 1.36. The average Bonchev–Trinajstić information content (AvgIpc) is 2.68. The second-order valence-corrected chi connectivity index (χ2v) is 7.45. The van der Waals surface area contributed by atoms with E-state index in [0.29, 0.717) is 10.9 Å². The van der Waals surface area contributed by atoms with Crippen molar-refractivity contribution in [3.63, 3.8) is 0 Å². The molecule has 6 heteroatoms. The van der Waals surface area contributed by atoms with E-state index in [1.54, 1.807) is 4.52 Å². The van der Waals surface area contributed by atoms with E-state index in [1.807, 2.05) is 6.92 Å². The largest absolute Gasteiger partial charge is 0.365 e. The van der Waals surface area contributed by atoms with Gasteiger partial charge in [0.25, 0.3) is 5.78 Å². The van der Waals surface area contributed by atoms with E-state index in [0.717, 1.165) is 17.8 Å². The molecule has 0 atom stereocenters. The van der Waals surface area contributed by atoms with Gasteiger partial charge in [0, 0.05) is 11.1 Å². The monoisotopic (exact) mass is 295 g/mol. The minimum Gasteiger partial charge on any atom is -0.365 e. The summed E-state index contributed by atoms with van der Waals surface area (Å²) in [4.78, 5) is 8.32. The van der Waals surface area contributed by atoms with Gasteiger partial charge < -0.3 is 5.32 Å². The lowest BCUT2D eigenvalue weighted by Crippen LogP contribution is -2.36. The molecule has 110 valence electrons. The number of fused-ring (bicyclic) bond motifs is 1. The molecular weight excluding hydrogens is 274 g/mol. The van der Waals surface area contributed by atoms with E-state index in [4.69, 9.17) is 11.6 Å². The van der Waals surface area contributed by atoms with Crippen LogP contribution in [-0.4, -0.2) is 25.1 Å². The number of nitrogens with one attached hydrogen (secondary N) is 1. The highest BCUT2D eigenvalue weighted by atomic mass is 35.5. The van der Waals surface area contributed by atoms with Gasteiger partial charge in [0.1, 0.15) is 17.3 Å². The van der Waals surface area contributed by atoms with Gasteiger partial charge in [-0.25, -0.2) is 0 Å². The van der Waals surface area contributed by atoms with Crippen molar-refractivity contribution >= 4 is 23.2 Å². The van der Waals surface area contributed by atoms with Crippen molar-refractivity contribution < 1.29 is 0 Å². The summed E-state index contributed by atoms with van der Waals surface area (Å²) < 4.78 is 1.70. The standard InChI is InChI=1S/C14H22ClN5/c1-9-10(15)18-12-16-8-17-20(12)11(9)19-14(5,6)7-13(2,3)4/h8,19H,7H2,1-6H3. The Morgan fingerprint density at radius 1 is 1.25 bits per heavy atom. The van der Waals surface area contributed by atoms with Gasteiger partial charge in [-0.2, -0.15) is 19.6 Å². The predicted molar refractivity (Wildman–Crippen MR) is 82.3 cm³/mol. The van der Waals surface area contributed by atoms with Crippen molar-refractivity contribution in [3.05, 3.63) is 17.0 Å². The summed E-state index contributed by atoms with van der Waals surface area (Å²) >= 11 is 6.18. The average molecular weight is 296 g/mol. The molecule has 5 nitrogen and oxygen atoms in total. The van der Waals surface area contributed by atoms with Gasteiger partial charge in [-0.05, 0) is 32.6 Å². The molecule has 0 aliphatic rings. The van der Waals surface area contributed by atoms with Crippen LogP contribution in [0.1, 0.15) is 46.6 Å². The van der Waals surface area contributed by atoms with E-state index < -0.39 is 0 Å². The molecule has 2 aromatic rings. The van der Waals surface area contributed by atoms with Crippen molar-refractivity contribution in [3.8, 4) is 0 Å². The zero-order valence-electron chi connectivity index (χ0n) is 13.0. The van der Waals surface area contributed by atoms with Gasteiger partial charge in [-0.1, -0.05) is 32.4 Å². The van der Waals surface area contributed by atoms with Crippen LogP contribution in [0.5, 0.6) is 0 Å². The molecule has 2 rings (SSSR count). The summed E-state index contributed by atoms with van der Waals surface area (Å²) in [6, 6.07) is 0. The Morgan fingerprint density at radius 3 is 2.50 bits per heavy atom. The maximum absolute atomic E-state index is 6.18. The Hall–Kier alpha value is -1.36. The molecule has 1 N–H and O–H groups in total. The van der Waals surface area contributed by atoms with Crippen LogP contribution in [0.2, 0.25) is 5.15 Å². The van der Waals surface area contributed by atoms with Crippen LogP contribution >= 0.6 is 11.6 Å². The summed E-state index contributed by atoms with van der Waals surface area (Å²) in [7, 11) is 0. The van der Waals surface area contributed by atoms with Crippen molar-refractivity contribution in [2.45, 2.75) is 53.5 Å². The topological polar surface area (TPSA) is 55.1 Å². The van der Waals surface area contributed by atoms with E-state index in [-0.39, 0.29) is 11.0 Å². The highest BCUT2D eigenvalue weighted by Gasteiger charge is 2.27. The molecule has 2 aromatic heterocycles. The Bertz CT molecular complexity index is 624. The van der Waals surface area contributed by atoms with Crippen LogP contribution in [0.25, 0.3) is 5.78 Å². The van der Waals surface area contributed by atoms with Crippen LogP contribution in [-0.2, 0) is 0 Å². The molecule has 0 aliphatic heterocycles. The molecule has 0 radical (unpaired) electrons. The number of aromatic nitrogens is 4. The first-order valence-electron chi connectivity index (χ1n) is 6.73. The Kier molecular flexibility index (Phi) is 3.67. The lowest BCUT2D eigenvalue weighted by molar-refractivity contribution is 0.301. The number of anilines is 1. The highest BCUT2D eigenvalue weighted by molar-refractivity contribution is 6.30. The third kappa shape index (κ3) is 3.20. The molecule has 0 unspecified atom stereocenters. The fourth-order valence-corrected chi connectivity index (χ4v) is 2.90. The molecule has 0 amide bonds. The van der Waals surface area contributed by atoms with Gasteiger partial charge in [-0.3, -0.25) is 0 Å². The van der Waals surface area contributed by atoms with Gasteiger partial charge in [0.15, 0.2) is 0 Å². The predicted octanol–water partition coefficient (Wildman–Crippen LogP) is 3.71. The lowest BCUT2D eigenvalue weighted by Gasteiger charge is -2.34. The van der Waals surface area contributed by atoms with Crippen molar-refractivity contribution in [2.75, 3.05) is 5.32 Å². The molecule has 0 saturated carbocycles. The first kappa shape index (κ1) is 15.0. The number of rotatable bonds is 3. The summed E-state index contributed by atoms with van der Waals surface area (Å²) in [5.41, 5.74) is 1.02. The zero-order chi connectivity index (χ0) is 15.1. The van der Waals surface area contributed by atoms with Crippen molar-refractivity contribution in [1.82, 2.24) is 19.6 Å². The molecule has 0 fully saturated rings. The van der Waals surface area contributed by atoms with Gasteiger partial charge >= 0.3 is 0 Å². The fourth-order valence-electron chi connectivity index (χ4n) is 2.73. The van der Waals surface area contributed by atoms with Crippen molar-refractivity contribution in [1.29, 1.82) is 0 Å². The van der Waals surface area contributed by atoms with Gasteiger partial charge in [0.2, 0.25) is 0 Å². The molecule has 2 heterocycles. The quantitative estimate of drug-likeness (QED) is 0.877. The Morgan fingerprint density at radius 2 is 1.90 bits per heavy atom. The second-order valence-electron chi connectivity index (χ2n) is 7.09. The minimum atomic E-state index is -0.0907. The maximum atomic E-state index is 6.18. The Labute approximate surface area is 124 Å². The van der Waals surface area contributed by atoms with Gasteiger partial charge in [-0.15, -0.1) is 0 Å². The molecule has 0 spiro atoms. The van der Waals surface area contributed by atoms with E-state index in [2.05, 4.69) is 55.0 Å². The number of hydrogen-bond donors (Lipinski definition) is 1. The third-order valence-corrected chi connectivity index (χ3v) is 3.40. The number of halogens is 1. The molecule has 0 aliphatic carbocycles. The molecular formula is C14H22ClN5. The zero-order valence-corrected chi connectivity index (χ0v) is 13.7. The summed E-state index contributed by atoms with van der Waals surface area (Å²) in [6.07, 6.45) is 2.50. The number of nitrogens with zero attached hydrogens (tertiary/aromatic N) is 4. The smallest absolute Gasteiger partial charge is 0.255 e. The number of hydrogen-bond acceptors (Lipinski definition) is 4. The third-order valence-electron chi connectivity index (χ3n) is 3.03. The Balaban J connectivity index is 2.43. The first-order chi connectivity index (χ1) is 9.09. The molecule has 0 aromatic carbocycles. The molecule has 20 heavy (non-hydrogen) atoms. The van der Waals surface area contributed by atoms with Gasteiger partial charge in [0.05, 0.1) is 0 Å². The summed E-state index contributed by atoms with van der Waals surface area (Å²) in [6.45, 7) is 13.0. The van der Waals surface area contributed by atoms with E-state index in [9.17, 15) is 0 Å². The second kappa shape index (κ2) is 4.88. The SMILES string of the molecule is Cc1c(Cl)nc2ncnn2c1NC(C)(C)CC(C)(C)C. The minimum absolute atomic E-state index is 0.0907. The maximum Gasteiger partial charge on any atom is 0.255 e. The molecule has 0 bridgehead atoms. The summed E-state index contributed by atoms with van der Waals surface area (Å²) in [5, 5.41) is 8.23. The normalized spacial score (nSPS) is 12.9. The van der Waals surface area contributed by atoms with Crippen LogP contribution in [0, 0.1) is 12.3 Å². The van der Waals surface area contributed by atoms with Crippen LogP contribution in [0.15, 0.2) is 6.33 Å². The first-order valence-corrected chi connectivity index (χ1v) is 7.11. The van der Waals surface area contributed by atoms with E-state index >= 15 is 0 Å². The van der Waals surface area contributed by atoms with Crippen molar-refractivity contribution in [2.24, 2.45) is 5.41 Å².